The molecule has 0 bridgehead atoms. The van der Waals surface area contributed by atoms with Crippen molar-refractivity contribution in [1.29, 1.82) is 0 Å². The van der Waals surface area contributed by atoms with Crippen molar-refractivity contribution in [3.05, 3.63) is 23.8 Å². The second-order valence-corrected chi connectivity index (χ2v) is 6.72. The van der Waals surface area contributed by atoms with Crippen LogP contribution in [0.3, 0.4) is 0 Å². The first-order chi connectivity index (χ1) is 9.56. The third-order valence-electron chi connectivity index (χ3n) is 4.58. The molecule has 3 heteroatoms. The van der Waals surface area contributed by atoms with E-state index in [0.29, 0.717) is 6.04 Å². The first-order valence-corrected chi connectivity index (χ1v) is 7.86. The minimum atomic E-state index is -0.0484. The zero-order chi connectivity index (χ0) is 14.2. The van der Waals surface area contributed by atoms with Gasteiger partial charge in [0.15, 0.2) is 0 Å². The van der Waals surface area contributed by atoms with Crippen LogP contribution in [0.5, 0.6) is 5.75 Å². The van der Waals surface area contributed by atoms with Gasteiger partial charge in [0.25, 0.3) is 0 Å². The average molecular weight is 274 g/mol. The summed E-state index contributed by atoms with van der Waals surface area (Å²) in [5, 5.41) is 3.48. The van der Waals surface area contributed by atoms with Crippen LogP contribution in [0, 0.1) is 0 Å². The Morgan fingerprint density at radius 2 is 2.20 bits per heavy atom. The molecule has 20 heavy (non-hydrogen) atoms. The van der Waals surface area contributed by atoms with Crippen LogP contribution >= 0.6 is 0 Å². The number of benzene rings is 1. The minimum absolute atomic E-state index is 0.0484. The van der Waals surface area contributed by atoms with Gasteiger partial charge in [-0.05, 0) is 45.2 Å². The zero-order valence-electron chi connectivity index (χ0n) is 12.9. The lowest BCUT2D eigenvalue weighted by Crippen LogP contribution is -2.38. The molecule has 0 saturated carbocycles. The van der Waals surface area contributed by atoms with Gasteiger partial charge in [-0.3, -0.25) is 4.90 Å². The lowest BCUT2D eigenvalue weighted by Gasteiger charge is -2.28. The van der Waals surface area contributed by atoms with E-state index in [2.05, 4.69) is 49.2 Å². The SMILES string of the molecule is CC(C)N1CCC(C)(Oc2ccc3c(c2)NCCC3)C1. The van der Waals surface area contributed by atoms with Crippen molar-refractivity contribution >= 4 is 5.69 Å². The maximum atomic E-state index is 6.33. The minimum Gasteiger partial charge on any atom is -0.486 e. The number of anilines is 1. The van der Waals surface area contributed by atoms with E-state index in [1.54, 1.807) is 0 Å². The van der Waals surface area contributed by atoms with Gasteiger partial charge in [-0.1, -0.05) is 6.07 Å². The third-order valence-corrected chi connectivity index (χ3v) is 4.58. The topological polar surface area (TPSA) is 24.5 Å². The summed E-state index contributed by atoms with van der Waals surface area (Å²) in [6.45, 7) is 9.99. The van der Waals surface area contributed by atoms with Crippen molar-refractivity contribution in [2.75, 3.05) is 25.0 Å². The van der Waals surface area contributed by atoms with Crippen molar-refractivity contribution in [2.45, 2.75) is 51.7 Å². The molecule has 0 amide bonds. The van der Waals surface area contributed by atoms with E-state index in [1.807, 2.05) is 0 Å². The van der Waals surface area contributed by atoms with Crippen molar-refractivity contribution in [2.24, 2.45) is 0 Å². The Hall–Kier alpha value is -1.22. The number of ether oxygens (including phenoxy) is 1. The number of rotatable bonds is 3. The molecule has 1 aromatic rings. The fraction of sp³-hybridized carbons (Fsp3) is 0.647. The fourth-order valence-electron chi connectivity index (χ4n) is 3.28. The van der Waals surface area contributed by atoms with Crippen molar-refractivity contribution < 1.29 is 4.74 Å². The molecule has 110 valence electrons. The molecule has 2 aliphatic heterocycles. The normalized spacial score (nSPS) is 26.4. The predicted molar refractivity (Wildman–Crippen MR) is 83.6 cm³/mol. The van der Waals surface area contributed by atoms with E-state index < -0.39 is 0 Å². The van der Waals surface area contributed by atoms with Crippen molar-refractivity contribution in [3.8, 4) is 5.75 Å². The maximum absolute atomic E-state index is 6.33. The molecule has 0 aliphatic carbocycles. The Kier molecular flexibility index (Phi) is 3.63. The summed E-state index contributed by atoms with van der Waals surface area (Å²) in [6, 6.07) is 7.13. The standard InChI is InChI=1S/C17H26N2O/c1-13(2)19-10-8-17(3,12-19)20-15-7-6-14-5-4-9-18-16(14)11-15/h6-7,11,13,18H,4-5,8-10,12H2,1-3H3. The zero-order valence-corrected chi connectivity index (χ0v) is 12.9. The highest BCUT2D eigenvalue weighted by atomic mass is 16.5. The maximum Gasteiger partial charge on any atom is 0.122 e. The number of nitrogens with zero attached hydrogens (tertiary/aromatic N) is 1. The summed E-state index contributed by atoms with van der Waals surface area (Å²) in [5.74, 6) is 1.01. The lowest BCUT2D eigenvalue weighted by molar-refractivity contribution is 0.0910. The monoisotopic (exact) mass is 274 g/mol. The first-order valence-electron chi connectivity index (χ1n) is 7.86. The van der Waals surface area contributed by atoms with E-state index in [0.717, 1.165) is 31.8 Å². The van der Waals surface area contributed by atoms with E-state index in [-0.39, 0.29) is 5.60 Å². The molecule has 3 rings (SSSR count). The Labute approximate surface area is 122 Å². The van der Waals surface area contributed by atoms with Gasteiger partial charge in [-0.15, -0.1) is 0 Å². The summed E-state index contributed by atoms with van der Waals surface area (Å²) in [5.41, 5.74) is 2.63. The number of hydrogen-bond acceptors (Lipinski definition) is 3. The van der Waals surface area contributed by atoms with E-state index in [9.17, 15) is 0 Å². The number of aryl methyl sites for hydroxylation is 1. The molecule has 0 radical (unpaired) electrons. The molecule has 2 heterocycles. The smallest absolute Gasteiger partial charge is 0.122 e. The Bertz CT molecular complexity index is 486. The lowest BCUT2D eigenvalue weighted by atomic mass is 10.0. The largest absolute Gasteiger partial charge is 0.486 e. The van der Waals surface area contributed by atoms with Crippen LogP contribution in [0.25, 0.3) is 0 Å². The summed E-state index contributed by atoms with van der Waals surface area (Å²) in [6.07, 6.45) is 3.52. The molecule has 1 N–H and O–H groups in total. The molecule has 1 aromatic carbocycles. The molecule has 3 nitrogen and oxygen atoms in total. The highest BCUT2D eigenvalue weighted by Crippen LogP contribution is 2.32. The van der Waals surface area contributed by atoms with Crippen molar-refractivity contribution in [3.63, 3.8) is 0 Å². The Morgan fingerprint density at radius 1 is 1.35 bits per heavy atom. The van der Waals surface area contributed by atoms with Gasteiger partial charge in [0, 0.05) is 43.9 Å². The predicted octanol–water partition coefficient (Wildman–Crippen LogP) is 3.30. The fourth-order valence-corrected chi connectivity index (χ4v) is 3.28. The summed E-state index contributed by atoms with van der Waals surface area (Å²) >= 11 is 0. The average Bonchev–Trinajstić information content (AvgIpc) is 2.81. The van der Waals surface area contributed by atoms with Crippen LogP contribution in [-0.2, 0) is 6.42 Å². The number of fused-ring (bicyclic) bond motifs is 1. The summed E-state index contributed by atoms with van der Waals surface area (Å²) in [7, 11) is 0. The summed E-state index contributed by atoms with van der Waals surface area (Å²) < 4.78 is 6.33. The molecule has 0 aromatic heterocycles. The van der Waals surface area contributed by atoms with Gasteiger partial charge >= 0.3 is 0 Å². The van der Waals surface area contributed by atoms with Crippen LogP contribution < -0.4 is 10.1 Å². The number of hydrogen-bond donors (Lipinski definition) is 1. The molecule has 2 aliphatic rings. The van der Waals surface area contributed by atoms with Gasteiger partial charge < -0.3 is 10.1 Å². The molecule has 1 atom stereocenters. The molecule has 0 spiro atoms. The molecular weight excluding hydrogens is 248 g/mol. The quantitative estimate of drug-likeness (QED) is 0.915. The third kappa shape index (κ3) is 2.78. The van der Waals surface area contributed by atoms with Crippen LogP contribution in [0.4, 0.5) is 5.69 Å². The summed E-state index contributed by atoms with van der Waals surface area (Å²) in [4.78, 5) is 2.50. The van der Waals surface area contributed by atoms with Gasteiger partial charge in [0.1, 0.15) is 11.4 Å². The molecular formula is C17H26N2O. The highest BCUT2D eigenvalue weighted by Gasteiger charge is 2.36. The van der Waals surface area contributed by atoms with Crippen LogP contribution in [-0.4, -0.2) is 36.2 Å². The van der Waals surface area contributed by atoms with Gasteiger partial charge in [-0.25, -0.2) is 0 Å². The van der Waals surface area contributed by atoms with Crippen LogP contribution in [0.2, 0.25) is 0 Å². The second kappa shape index (κ2) is 5.28. The number of nitrogens with one attached hydrogen (secondary N) is 1. The van der Waals surface area contributed by atoms with Crippen LogP contribution in [0.15, 0.2) is 18.2 Å². The van der Waals surface area contributed by atoms with Gasteiger partial charge in [0.2, 0.25) is 0 Å². The Morgan fingerprint density at radius 3 is 2.95 bits per heavy atom. The van der Waals surface area contributed by atoms with Crippen molar-refractivity contribution in [1.82, 2.24) is 4.90 Å². The van der Waals surface area contributed by atoms with E-state index in [1.165, 1.54) is 24.1 Å². The van der Waals surface area contributed by atoms with Crippen LogP contribution in [0.1, 0.15) is 39.2 Å². The first kappa shape index (κ1) is 13.7. The second-order valence-electron chi connectivity index (χ2n) is 6.72. The molecule has 1 saturated heterocycles. The van der Waals surface area contributed by atoms with Gasteiger partial charge in [-0.2, -0.15) is 0 Å². The molecule has 1 fully saturated rings. The highest BCUT2D eigenvalue weighted by molar-refractivity contribution is 5.56. The molecule has 1 unspecified atom stereocenters. The van der Waals surface area contributed by atoms with Gasteiger partial charge in [0.05, 0.1) is 0 Å². The van der Waals surface area contributed by atoms with E-state index in [4.69, 9.17) is 4.74 Å². The number of likely N-dealkylation sites (tertiary alicyclic amines) is 1. The Balaban J connectivity index is 1.71. The van der Waals surface area contributed by atoms with E-state index >= 15 is 0 Å².